The standard InChI is InChI=1S/C15H20Cl2N2/c1-18-5-2-13(3-6-18)19-7-4-14-11(10-19)8-12(16)9-15(14)17/h8-9,13H,2-7,10H2,1H3. The molecule has 0 unspecified atom stereocenters. The van der Waals surface area contributed by atoms with Crippen LogP contribution >= 0.6 is 23.2 Å². The first-order valence-corrected chi connectivity index (χ1v) is 7.78. The Balaban J connectivity index is 1.75. The molecular weight excluding hydrogens is 279 g/mol. The molecule has 3 rings (SSSR count). The van der Waals surface area contributed by atoms with Crippen molar-refractivity contribution in [2.24, 2.45) is 0 Å². The summed E-state index contributed by atoms with van der Waals surface area (Å²) in [5, 5.41) is 1.60. The normalized spacial score (nSPS) is 22.5. The van der Waals surface area contributed by atoms with Crippen LogP contribution in [0.5, 0.6) is 0 Å². The SMILES string of the molecule is CN1CCC(N2CCc3c(Cl)cc(Cl)cc3C2)CC1. The van der Waals surface area contributed by atoms with Crippen LogP contribution in [-0.4, -0.2) is 42.5 Å². The number of nitrogens with zero attached hydrogens (tertiary/aromatic N) is 2. The maximum Gasteiger partial charge on any atom is 0.0456 e. The fourth-order valence-electron chi connectivity index (χ4n) is 3.30. The van der Waals surface area contributed by atoms with Gasteiger partial charge in [0.05, 0.1) is 0 Å². The zero-order valence-corrected chi connectivity index (χ0v) is 12.8. The smallest absolute Gasteiger partial charge is 0.0456 e. The first-order chi connectivity index (χ1) is 9.13. The highest BCUT2D eigenvalue weighted by atomic mass is 35.5. The number of benzene rings is 1. The number of rotatable bonds is 1. The van der Waals surface area contributed by atoms with Gasteiger partial charge in [-0.05, 0) is 62.7 Å². The molecule has 0 atom stereocenters. The Hall–Kier alpha value is -0.280. The van der Waals surface area contributed by atoms with Crippen molar-refractivity contribution < 1.29 is 0 Å². The third-order valence-electron chi connectivity index (χ3n) is 4.48. The van der Waals surface area contributed by atoms with Crippen LogP contribution in [0.2, 0.25) is 10.0 Å². The van der Waals surface area contributed by atoms with Crippen LogP contribution in [0.15, 0.2) is 12.1 Å². The molecule has 1 saturated heterocycles. The fraction of sp³-hybridized carbons (Fsp3) is 0.600. The van der Waals surface area contributed by atoms with Gasteiger partial charge in [0.15, 0.2) is 0 Å². The molecule has 2 aliphatic heterocycles. The zero-order chi connectivity index (χ0) is 13.4. The predicted octanol–water partition coefficient (Wildman–Crippen LogP) is 3.45. The number of likely N-dealkylation sites (tertiary alicyclic amines) is 1. The van der Waals surface area contributed by atoms with E-state index < -0.39 is 0 Å². The van der Waals surface area contributed by atoms with E-state index in [-0.39, 0.29) is 0 Å². The van der Waals surface area contributed by atoms with Crippen molar-refractivity contribution >= 4 is 23.2 Å². The van der Waals surface area contributed by atoms with Crippen LogP contribution < -0.4 is 0 Å². The predicted molar refractivity (Wildman–Crippen MR) is 81.1 cm³/mol. The molecule has 0 aromatic heterocycles. The fourth-order valence-corrected chi connectivity index (χ4v) is 3.93. The van der Waals surface area contributed by atoms with Gasteiger partial charge in [-0.25, -0.2) is 0 Å². The average Bonchev–Trinajstić information content (AvgIpc) is 2.38. The summed E-state index contributed by atoms with van der Waals surface area (Å²) in [7, 11) is 2.21. The number of hydrogen-bond donors (Lipinski definition) is 0. The Kier molecular flexibility index (Phi) is 4.04. The Labute approximate surface area is 125 Å². The van der Waals surface area contributed by atoms with Crippen LogP contribution in [0.1, 0.15) is 24.0 Å². The average molecular weight is 299 g/mol. The molecule has 0 amide bonds. The van der Waals surface area contributed by atoms with Gasteiger partial charge in [-0.1, -0.05) is 23.2 Å². The third-order valence-corrected chi connectivity index (χ3v) is 5.04. The zero-order valence-electron chi connectivity index (χ0n) is 11.3. The lowest BCUT2D eigenvalue weighted by atomic mass is 9.95. The molecule has 2 aliphatic rings. The molecule has 0 aliphatic carbocycles. The van der Waals surface area contributed by atoms with Gasteiger partial charge in [-0.15, -0.1) is 0 Å². The van der Waals surface area contributed by atoms with Crippen molar-refractivity contribution in [3.63, 3.8) is 0 Å². The molecule has 19 heavy (non-hydrogen) atoms. The largest absolute Gasteiger partial charge is 0.306 e. The van der Waals surface area contributed by atoms with Crippen LogP contribution in [0.4, 0.5) is 0 Å². The lowest BCUT2D eigenvalue weighted by Crippen LogP contribution is -2.45. The summed E-state index contributed by atoms with van der Waals surface area (Å²) in [6, 6.07) is 4.68. The second kappa shape index (κ2) is 5.61. The summed E-state index contributed by atoms with van der Waals surface area (Å²) in [4.78, 5) is 5.03. The van der Waals surface area contributed by atoms with Gasteiger partial charge < -0.3 is 4.90 Å². The van der Waals surface area contributed by atoms with Gasteiger partial charge in [-0.3, -0.25) is 4.90 Å². The Morgan fingerprint density at radius 3 is 2.58 bits per heavy atom. The lowest BCUT2D eigenvalue weighted by molar-refractivity contribution is 0.110. The van der Waals surface area contributed by atoms with E-state index in [4.69, 9.17) is 23.2 Å². The maximum atomic E-state index is 6.29. The van der Waals surface area contributed by atoms with Crippen LogP contribution in [-0.2, 0) is 13.0 Å². The minimum atomic E-state index is 0.724. The topological polar surface area (TPSA) is 6.48 Å². The first kappa shape index (κ1) is 13.7. The molecule has 0 bridgehead atoms. The van der Waals surface area contributed by atoms with E-state index in [2.05, 4.69) is 22.9 Å². The minimum absolute atomic E-state index is 0.724. The summed E-state index contributed by atoms with van der Waals surface area (Å²) in [5.41, 5.74) is 2.62. The summed E-state index contributed by atoms with van der Waals surface area (Å²) in [5.74, 6) is 0. The van der Waals surface area contributed by atoms with Gasteiger partial charge in [0.25, 0.3) is 0 Å². The second-order valence-corrected chi connectivity index (χ2v) is 6.62. The van der Waals surface area contributed by atoms with Crippen molar-refractivity contribution in [3.8, 4) is 0 Å². The number of halogens is 2. The number of hydrogen-bond acceptors (Lipinski definition) is 2. The molecule has 4 heteroatoms. The van der Waals surface area contributed by atoms with Crippen molar-refractivity contribution in [1.29, 1.82) is 0 Å². The Morgan fingerprint density at radius 1 is 1.11 bits per heavy atom. The van der Waals surface area contributed by atoms with E-state index in [0.29, 0.717) is 0 Å². The highest BCUT2D eigenvalue weighted by Crippen LogP contribution is 2.31. The molecule has 0 N–H and O–H groups in total. The second-order valence-electron chi connectivity index (χ2n) is 5.78. The van der Waals surface area contributed by atoms with Crippen molar-refractivity contribution in [2.45, 2.75) is 31.8 Å². The molecular formula is C15H20Cl2N2. The van der Waals surface area contributed by atoms with E-state index in [9.17, 15) is 0 Å². The maximum absolute atomic E-state index is 6.29. The van der Waals surface area contributed by atoms with Gasteiger partial charge in [0.1, 0.15) is 0 Å². The molecule has 0 spiro atoms. The van der Waals surface area contributed by atoms with Crippen LogP contribution in [0.25, 0.3) is 0 Å². The van der Waals surface area contributed by atoms with Gasteiger partial charge in [0, 0.05) is 29.2 Å². The van der Waals surface area contributed by atoms with E-state index in [0.717, 1.165) is 35.6 Å². The monoisotopic (exact) mass is 298 g/mol. The van der Waals surface area contributed by atoms with Crippen molar-refractivity contribution in [1.82, 2.24) is 9.80 Å². The summed E-state index contributed by atoms with van der Waals surface area (Å²) in [6.45, 7) is 4.56. The highest BCUT2D eigenvalue weighted by molar-refractivity contribution is 6.35. The molecule has 104 valence electrons. The third kappa shape index (κ3) is 2.92. The molecule has 2 nitrogen and oxygen atoms in total. The van der Waals surface area contributed by atoms with Crippen LogP contribution in [0, 0.1) is 0 Å². The van der Waals surface area contributed by atoms with E-state index in [1.54, 1.807) is 0 Å². The Bertz CT molecular complexity index is 467. The first-order valence-electron chi connectivity index (χ1n) is 7.03. The minimum Gasteiger partial charge on any atom is -0.306 e. The molecule has 1 fully saturated rings. The van der Waals surface area contributed by atoms with Gasteiger partial charge >= 0.3 is 0 Å². The number of piperidine rings is 1. The molecule has 0 saturated carbocycles. The number of fused-ring (bicyclic) bond motifs is 1. The molecule has 1 aromatic carbocycles. The van der Waals surface area contributed by atoms with E-state index >= 15 is 0 Å². The van der Waals surface area contributed by atoms with Crippen molar-refractivity contribution in [3.05, 3.63) is 33.3 Å². The molecule has 0 radical (unpaired) electrons. The quantitative estimate of drug-likeness (QED) is 0.784. The van der Waals surface area contributed by atoms with Gasteiger partial charge in [0.2, 0.25) is 0 Å². The summed E-state index contributed by atoms with van der Waals surface area (Å²) in [6.07, 6.45) is 3.61. The van der Waals surface area contributed by atoms with E-state index in [1.807, 2.05) is 6.07 Å². The highest BCUT2D eigenvalue weighted by Gasteiger charge is 2.27. The Morgan fingerprint density at radius 2 is 1.84 bits per heavy atom. The van der Waals surface area contributed by atoms with Crippen molar-refractivity contribution in [2.75, 3.05) is 26.7 Å². The van der Waals surface area contributed by atoms with Gasteiger partial charge in [-0.2, -0.15) is 0 Å². The lowest BCUT2D eigenvalue weighted by Gasteiger charge is -2.40. The summed E-state index contributed by atoms with van der Waals surface area (Å²) < 4.78 is 0. The molecule has 2 heterocycles. The van der Waals surface area contributed by atoms with Crippen LogP contribution in [0.3, 0.4) is 0 Å². The summed E-state index contributed by atoms with van der Waals surface area (Å²) >= 11 is 12.4. The van der Waals surface area contributed by atoms with E-state index in [1.165, 1.54) is 37.1 Å². The molecule has 1 aromatic rings.